The minimum atomic E-state index is -0.275. The molecule has 0 radical (unpaired) electrons. The van der Waals surface area contributed by atoms with E-state index in [2.05, 4.69) is 4.98 Å². The summed E-state index contributed by atoms with van der Waals surface area (Å²) in [4.78, 5) is 18.2. The molecule has 2 aromatic rings. The van der Waals surface area contributed by atoms with Crippen molar-refractivity contribution < 1.29 is 13.9 Å². The first kappa shape index (κ1) is 15.0. The third-order valence-electron chi connectivity index (χ3n) is 3.65. The molecule has 1 amide bonds. The van der Waals surface area contributed by atoms with Crippen LogP contribution in [0.4, 0.5) is 4.39 Å². The number of thiazole rings is 1. The molecule has 1 aliphatic heterocycles. The summed E-state index contributed by atoms with van der Waals surface area (Å²) in [5.41, 5.74) is 1.56. The molecular formula is C16H17FN2O2S. The lowest BCUT2D eigenvalue weighted by atomic mass is 10.1. The molecule has 1 aromatic carbocycles. The van der Waals surface area contributed by atoms with Gasteiger partial charge in [0.05, 0.1) is 5.69 Å². The second kappa shape index (κ2) is 6.87. The lowest BCUT2D eigenvalue weighted by Crippen LogP contribution is -2.38. The van der Waals surface area contributed by atoms with Gasteiger partial charge in [-0.25, -0.2) is 9.37 Å². The Morgan fingerprint density at radius 1 is 1.23 bits per heavy atom. The van der Waals surface area contributed by atoms with E-state index >= 15 is 0 Å². The highest BCUT2D eigenvalue weighted by Crippen LogP contribution is 2.26. The molecule has 1 aromatic heterocycles. The van der Waals surface area contributed by atoms with Gasteiger partial charge in [-0.15, -0.1) is 0 Å². The van der Waals surface area contributed by atoms with Crippen molar-refractivity contribution in [3.05, 3.63) is 35.5 Å². The van der Waals surface area contributed by atoms with Crippen molar-refractivity contribution in [3.8, 4) is 16.5 Å². The molecule has 1 fully saturated rings. The van der Waals surface area contributed by atoms with Crippen LogP contribution in [0.3, 0.4) is 0 Å². The number of carbonyl (C=O) groups excluding carboxylic acids is 1. The smallest absolute Gasteiger partial charge is 0.274 e. The van der Waals surface area contributed by atoms with Crippen molar-refractivity contribution in [2.75, 3.05) is 19.7 Å². The second-order valence-electron chi connectivity index (χ2n) is 5.24. The minimum Gasteiger partial charge on any atom is -0.460 e. The van der Waals surface area contributed by atoms with E-state index in [1.54, 1.807) is 12.1 Å². The first-order valence-corrected chi connectivity index (χ1v) is 8.22. The summed E-state index contributed by atoms with van der Waals surface area (Å²) in [5.74, 6) is -0.263. The van der Waals surface area contributed by atoms with Gasteiger partial charge in [0.25, 0.3) is 11.1 Å². The van der Waals surface area contributed by atoms with E-state index < -0.39 is 0 Å². The summed E-state index contributed by atoms with van der Waals surface area (Å²) < 4.78 is 18.4. The highest BCUT2D eigenvalue weighted by molar-refractivity contribution is 7.11. The van der Waals surface area contributed by atoms with E-state index in [1.807, 2.05) is 10.3 Å². The number of benzene rings is 1. The van der Waals surface area contributed by atoms with Gasteiger partial charge in [-0.05, 0) is 43.5 Å². The zero-order chi connectivity index (χ0) is 15.4. The van der Waals surface area contributed by atoms with Crippen molar-refractivity contribution in [1.29, 1.82) is 0 Å². The summed E-state index contributed by atoms with van der Waals surface area (Å²) in [6, 6.07) is 6.14. The summed E-state index contributed by atoms with van der Waals surface area (Å²) in [7, 11) is 0. The molecule has 0 N–H and O–H groups in total. The normalized spacial score (nSPS) is 14.9. The Balaban J connectivity index is 1.57. The summed E-state index contributed by atoms with van der Waals surface area (Å²) in [6.45, 7) is 1.66. The number of hydrogen-bond acceptors (Lipinski definition) is 4. The Kier molecular flexibility index (Phi) is 4.68. The molecule has 0 unspecified atom stereocenters. The van der Waals surface area contributed by atoms with Crippen LogP contribution in [0.5, 0.6) is 5.19 Å². The van der Waals surface area contributed by atoms with Crippen LogP contribution >= 0.6 is 11.3 Å². The summed E-state index contributed by atoms with van der Waals surface area (Å²) in [5, 5.41) is 2.30. The molecule has 0 aliphatic carbocycles. The zero-order valence-corrected chi connectivity index (χ0v) is 12.9. The Bertz CT molecular complexity index is 636. The van der Waals surface area contributed by atoms with E-state index in [9.17, 15) is 9.18 Å². The molecule has 2 heterocycles. The highest BCUT2D eigenvalue weighted by Gasteiger charge is 2.17. The second-order valence-corrected chi connectivity index (χ2v) is 6.06. The first-order valence-electron chi connectivity index (χ1n) is 7.34. The van der Waals surface area contributed by atoms with Gasteiger partial charge in [0.2, 0.25) is 0 Å². The molecule has 22 heavy (non-hydrogen) atoms. The van der Waals surface area contributed by atoms with Crippen LogP contribution in [-0.4, -0.2) is 35.5 Å². The van der Waals surface area contributed by atoms with Gasteiger partial charge in [-0.1, -0.05) is 11.3 Å². The molecule has 0 saturated carbocycles. The van der Waals surface area contributed by atoms with Gasteiger partial charge in [0, 0.05) is 24.0 Å². The van der Waals surface area contributed by atoms with Gasteiger partial charge in [0.1, 0.15) is 5.82 Å². The van der Waals surface area contributed by atoms with Crippen LogP contribution in [0.25, 0.3) is 11.3 Å². The number of amides is 1. The van der Waals surface area contributed by atoms with Crippen molar-refractivity contribution in [3.63, 3.8) is 0 Å². The van der Waals surface area contributed by atoms with E-state index in [0.717, 1.165) is 37.2 Å². The fourth-order valence-corrected chi connectivity index (χ4v) is 3.11. The molecule has 0 bridgehead atoms. The predicted molar refractivity (Wildman–Crippen MR) is 83.4 cm³/mol. The topological polar surface area (TPSA) is 42.4 Å². The van der Waals surface area contributed by atoms with Crippen LogP contribution in [0, 0.1) is 5.82 Å². The van der Waals surface area contributed by atoms with Crippen molar-refractivity contribution in [2.45, 2.75) is 19.3 Å². The van der Waals surface area contributed by atoms with Gasteiger partial charge in [0.15, 0.2) is 6.61 Å². The quantitative estimate of drug-likeness (QED) is 0.868. The maximum Gasteiger partial charge on any atom is 0.274 e. The third-order valence-corrected chi connectivity index (χ3v) is 4.40. The molecule has 1 aliphatic rings. The van der Waals surface area contributed by atoms with Crippen LogP contribution in [0.1, 0.15) is 19.3 Å². The summed E-state index contributed by atoms with van der Waals surface area (Å²) >= 11 is 1.34. The number of nitrogens with zero attached hydrogens (tertiary/aromatic N) is 2. The van der Waals surface area contributed by atoms with Crippen LogP contribution < -0.4 is 4.74 Å². The van der Waals surface area contributed by atoms with Crippen molar-refractivity contribution >= 4 is 17.2 Å². The highest BCUT2D eigenvalue weighted by atomic mass is 32.1. The summed E-state index contributed by atoms with van der Waals surface area (Å²) in [6.07, 6.45) is 3.33. The van der Waals surface area contributed by atoms with E-state index in [4.69, 9.17) is 4.74 Å². The van der Waals surface area contributed by atoms with Crippen LogP contribution in [0.15, 0.2) is 29.6 Å². The van der Waals surface area contributed by atoms with E-state index in [0.29, 0.717) is 5.19 Å². The Hall–Kier alpha value is -1.95. The Labute approximate surface area is 132 Å². The third kappa shape index (κ3) is 3.62. The predicted octanol–water partition coefficient (Wildman–Crippen LogP) is 3.34. The molecule has 116 valence electrons. The largest absolute Gasteiger partial charge is 0.460 e. The lowest BCUT2D eigenvalue weighted by Gasteiger charge is -2.26. The minimum absolute atomic E-state index is 0.0123. The molecule has 0 atom stereocenters. The van der Waals surface area contributed by atoms with Crippen molar-refractivity contribution in [1.82, 2.24) is 9.88 Å². The van der Waals surface area contributed by atoms with Crippen LogP contribution in [-0.2, 0) is 4.79 Å². The fraction of sp³-hybridized carbons (Fsp3) is 0.375. The molecule has 0 spiro atoms. The van der Waals surface area contributed by atoms with Gasteiger partial charge < -0.3 is 9.64 Å². The van der Waals surface area contributed by atoms with E-state index in [1.165, 1.54) is 29.9 Å². The number of aromatic nitrogens is 1. The standard InChI is InChI=1S/C16H17FN2O2S/c17-13-6-4-12(5-7-13)14-11-22-16(18-14)21-10-15(20)19-8-2-1-3-9-19/h4-7,11H,1-3,8-10H2. The maximum atomic E-state index is 12.9. The van der Waals surface area contributed by atoms with Gasteiger partial charge in [-0.2, -0.15) is 0 Å². The maximum absolute atomic E-state index is 12.9. The molecule has 3 rings (SSSR count). The Morgan fingerprint density at radius 2 is 1.95 bits per heavy atom. The number of ether oxygens (including phenoxy) is 1. The molecule has 6 heteroatoms. The molecule has 4 nitrogen and oxygen atoms in total. The zero-order valence-electron chi connectivity index (χ0n) is 12.1. The molecular weight excluding hydrogens is 303 g/mol. The van der Waals surface area contributed by atoms with Crippen LogP contribution in [0.2, 0.25) is 0 Å². The van der Waals surface area contributed by atoms with Gasteiger partial charge >= 0.3 is 0 Å². The number of hydrogen-bond donors (Lipinski definition) is 0. The van der Waals surface area contributed by atoms with Gasteiger partial charge in [-0.3, -0.25) is 4.79 Å². The first-order chi connectivity index (χ1) is 10.7. The average Bonchev–Trinajstić information content (AvgIpc) is 3.03. The number of piperidine rings is 1. The molecule has 1 saturated heterocycles. The number of carbonyl (C=O) groups is 1. The Morgan fingerprint density at radius 3 is 2.68 bits per heavy atom. The monoisotopic (exact) mass is 320 g/mol. The number of halogens is 1. The lowest BCUT2D eigenvalue weighted by molar-refractivity contribution is -0.134. The average molecular weight is 320 g/mol. The van der Waals surface area contributed by atoms with E-state index in [-0.39, 0.29) is 18.3 Å². The fourth-order valence-electron chi connectivity index (χ4n) is 2.43. The number of likely N-dealkylation sites (tertiary alicyclic amines) is 1. The number of rotatable bonds is 4. The van der Waals surface area contributed by atoms with Crippen molar-refractivity contribution in [2.24, 2.45) is 0 Å². The SMILES string of the molecule is O=C(COc1nc(-c2ccc(F)cc2)cs1)N1CCCCC1.